The van der Waals surface area contributed by atoms with Gasteiger partial charge in [-0.2, -0.15) is 0 Å². The highest BCUT2D eigenvalue weighted by Gasteiger charge is 2.54. The number of anilines is 1. The molecule has 42 heavy (non-hydrogen) atoms. The van der Waals surface area contributed by atoms with Crippen LogP contribution in [-0.2, 0) is 29.7 Å². The van der Waals surface area contributed by atoms with E-state index in [2.05, 4.69) is 15.1 Å². The third-order valence-electron chi connectivity index (χ3n) is 6.85. The number of aliphatic hydroxyl groups is 3. The Balaban J connectivity index is 1.46. The number of nitrogens with two attached hydrogens (primary N) is 1. The predicted octanol–water partition coefficient (Wildman–Crippen LogP) is 2.37. The Morgan fingerprint density at radius 1 is 1.31 bits per heavy atom. The summed E-state index contributed by atoms with van der Waals surface area (Å²) in [6, 6.07) is 9.08. The molecule has 1 aliphatic rings. The first kappa shape index (κ1) is 32.5. The Hall–Kier alpha value is -2.46. The first-order valence-electron chi connectivity index (χ1n) is 13.1. The zero-order valence-corrected chi connectivity index (χ0v) is 25.1. The number of halogens is 1. The van der Waals surface area contributed by atoms with Gasteiger partial charge in [0.25, 0.3) is 0 Å². The minimum atomic E-state index is -4.05. The summed E-state index contributed by atoms with van der Waals surface area (Å²) in [5.74, 6) is -0.700. The number of nitrogen functional groups attached to an aromatic ring is 1. The van der Waals surface area contributed by atoms with Crippen LogP contribution in [0.4, 0.5) is 10.2 Å². The maximum Gasteiger partial charge on any atom is 0.405 e. The van der Waals surface area contributed by atoms with E-state index < -0.39 is 49.6 Å². The molecule has 0 radical (unpaired) electrons. The van der Waals surface area contributed by atoms with Crippen molar-refractivity contribution in [3.63, 3.8) is 0 Å². The fourth-order valence-corrected chi connectivity index (χ4v) is 6.49. The molecule has 3 heterocycles. The minimum absolute atomic E-state index is 0.0500. The summed E-state index contributed by atoms with van der Waals surface area (Å²) in [6.45, 7) is 3.71. The molecule has 1 fully saturated rings. The molecule has 1 saturated heterocycles. The molecule has 4 rings (SSSR count). The van der Waals surface area contributed by atoms with Gasteiger partial charge in [0, 0.05) is 18.5 Å². The summed E-state index contributed by atoms with van der Waals surface area (Å²) in [5, 5.41) is 33.9. The average molecular weight is 628 g/mol. The lowest BCUT2D eigenvalue weighted by molar-refractivity contribution is -0.119. The van der Waals surface area contributed by atoms with Gasteiger partial charge in [-0.1, -0.05) is 42.1 Å². The van der Waals surface area contributed by atoms with Crippen LogP contribution in [0.3, 0.4) is 0 Å². The Morgan fingerprint density at radius 2 is 2.02 bits per heavy atom. The maximum atomic E-state index is 14.7. The standard InChI is InChI=1S/C26H35FN5O8PS/c1-25(2,14-33)24(35)42-10-9-38-41(37,31-11-16-7-5-4-6-8-16)39-13-18-20(34)26(3,36)23(40-18)32-12-17(27)19-21(28)29-15-30-22(19)32/h4-8,12,15,18,20,23,33-34,36H,9-11,13-14H2,1-3H3,(H,31,37)(H2,28,29,30)/t18-,20?,23-,26-,41?/m1/s1. The lowest BCUT2D eigenvalue weighted by atomic mass is 9.96. The summed E-state index contributed by atoms with van der Waals surface area (Å²) in [7, 11) is -4.05. The molecule has 3 aromatic rings. The molecule has 1 aliphatic heterocycles. The van der Waals surface area contributed by atoms with Crippen LogP contribution in [0.25, 0.3) is 11.0 Å². The number of carbonyl (C=O) groups is 1. The highest BCUT2D eigenvalue weighted by atomic mass is 32.2. The normalized spacial score (nSPS) is 24.2. The molecule has 230 valence electrons. The molecule has 5 atom stereocenters. The molecule has 6 N–H and O–H groups in total. The quantitative estimate of drug-likeness (QED) is 0.137. The predicted molar refractivity (Wildman–Crippen MR) is 154 cm³/mol. The van der Waals surface area contributed by atoms with Crippen molar-refractivity contribution in [2.45, 2.75) is 51.4 Å². The van der Waals surface area contributed by atoms with E-state index in [9.17, 15) is 29.1 Å². The number of fused-ring (bicyclic) bond motifs is 1. The minimum Gasteiger partial charge on any atom is -0.395 e. The lowest BCUT2D eigenvalue weighted by Crippen LogP contribution is -2.44. The van der Waals surface area contributed by atoms with E-state index in [0.717, 1.165) is 29.8 Å². The topological polar surface area (TPSA) is 191 Å². The number of hydrogen-bond donors (Lipinski definition) is 5. The number of aliphatic hydroxyl groups excluding tert-OH is 2. The van der Waals surface area contributed by atoms with Crippen molar-refractivity contribution in [2.75, 3.05) is 31.3 Å². The van der Waals surface area contributed by atoms with Gasteiger partial charge < -0.3 is 25.8 Å². The van der Waals surface area contributed by atoms with Gasteiger partial charge in [-0.25, -0.2) is 24.0 Å². The molecule has 13 nitrogen and oxygen atoms in total. The van der Waals surface area contributed by atoms with E-state index >= 15 is 0 Å². The van der Waals surface area contributed by atoms with Crippen molar-refractivity contribution in [3.8, 4) is 0 Å². The van der Waals surface area contributed by atoms with Crippen molar-refractivity contribution in [3.05, 3.63) is 54.2 Å². The van der Waals surface area contributed by atoms with E-state index in [1.54, 1.807) is 13.8 Å². The van der Waals surface area contributed by atoms with Crippen molar-refractivity contribution in [1.29, 1.82) is 0 Å². The van der Waals surface area contributed by atoms with Gasteiger partial charge in [-0.15, -0.1) is 0 Å². The van der Waals surface area contributed by atoms with Crippen molar-refractivity contribution >= 4 is 41.5 Å². The Kier molecular flexibility index (Phi) is 10.1. The third-order valence-corrected chi connectivity index (χ3v) is 9.60. The zero-order chi connectivity index (χ0) is 30.7. The molecule has 0 amide bonds. The number of ether oxygens (including phenoxy) is 1. The monoisotopic (exact) mass is 627 g/mol. The van der Waals surface area contributed by atoms with E-state index in [1.165, 1.54) is 11.5 Å². The second kappa shape index (κ2) is 13.0. The Morgan fingerprint density at radius 3 is 2.71 bits per heavy atom. The Bertz CT molecular complexity index is 1440. The maximum absolute atomic E-state index is 14.7. The van der Waals surface area contributed by atoms with E-state index in [-0.39, 0.29) is 47.5 Å². The summed E-state index contributed by atoms with van der Waals surface area (Å²) >= 11 is 0.930. The second-order valence-corrected chi connectivity index (χ2v) is 13.6. The summed E-state index contributed by atoms with van der Waals surface area (Å²) < 4.78 is 46.7. The smallest absolute Gasteiger partial charge is 0.395 e. The largest absolute Gasteiger partial charge is 0.405 e. The number of rotatable bonds is 13. The van der Waals surface area contributed by atoms with Crippen LogP contribution in [0.15, 0.2) is 42.9 Å². The van der Waals surface area contributed by atoms with Crippen LogP contribution in [-0.4, -0.2) is 78.4 Å². The molecule has 16 heteroatoms. The number of nitrogens with one attached hydrogen (secondary N) is 1. The van der Waals surface area contributed by atoms with Crippen LogP contribution < -0.4 is 10.8 Å². The molecular formula is C26H35FN5O8PS. The van der Waals surface area contributed by atoms with Crippen molar-refractivity contribution in [2.24, 2.45) is 5.41 Å². The number of aromatic nitrogens is 3. The van der Waals surface area contributed by atoms with E-state index in [1.807, 2.05) is 30.3 Å². The van der Waals surface area contributed by atoms with Crippen LogP contribution in [0, 0.1) is 11.2 Å². The van der Waals surface area contributed by atoms with E-state index in [4.69, 9.17) is 19.5 Å². The summed E-state index contributed by atoms with van der Waals surface area (Å²) in [6.07, 6.45) is -1.88. The van der Waals surface area contributed by atoms with Crippen molar-refractivity contribution in [1.82, 2.24) is 19.6 Å². The molecule has 0 aliphatic carbocycles. The van der Waals surface area contributed by atoms with Crippen LogP contribution >= 0.6 is 19.5 Å². The molecule has 1 aromatic carbocycles. The zero-order valence-electron chi connectivity index (χ0n) is 23.3. The molecule has 0 bridgehead atoms. The fourth-order valence-electron chi connectivity index (χ4n) is 4.25. The summed E-state index contributed by atoms with van der Waals surface area (Å²) in [5.41, 5.74) is 3.76. The van der Waals surface area contributed by atoms with Crippen LogP contribution in [0.1, 0.15) is 32.6 Å². The summed E-state index contributed by atoms with van der Waals surface area (Å²) in [4.78, 5) is 20.1. The third kappa shape index (κ3) is 7.01. The van der Waals surface area contributed by atoms with Gasteiger partial charge in [-0.3, -0.25) is 18.4 Å². The fraction of sp³-hybridized carbons (Fsp3) is 0.500. The van der Waals surface area contributed by atoms with E-state index in [0.29, 0.717) is 0 Å². The van der Waals surface area contributed by atoms with Crippen molar-refractivity contribution < 1.29 is 42.9 Å². The number of hydrogen-bond acceptors (Lipinski definition) is 12. The highest BCUT2D eigenvalue weighted by molar-refractivity contribution is 8.13. The van der Waals surface area contributed by atoms with Crippen LogP contribution in [0.5, 0.6) is 0 Å². The first-order chi connectivity index (χ1) is 19.8. The molecule has 2 aromatic heterocycles. The highest BCUT2D eigenvalue weighted by Crippen LogP contribution is 2.47. The van der Waals surface area contributed by atoms with Gasteiger partial charge in [0.1, 0.15) is 30.0 Å². The average Bonchev–Trinajstić information content (AvgIpc) is 3.42. The number of thioether (sulfide) groups is 1. The second-order valence-electron chi connectivity index (χ2n) is 10.7. The molecule has 2 unspecified atom stereocenters. The first-order valence-corrected chi connectivity index (χ1v) is 15.6. The van der Waals surface area contributed by atoms with Gasteiger partial charge in [0.05, 0.1) is 30.6 Å². The molecular weight excluding hydrogens is 592 g/mol. The lowest BCUT2D eigenvalue weighted by Gasteiger charge is -2.27. The van der Waals surface area contributed by atoms with Crippen LogP contribution in [0.2, 0.25) is 0 Å². The SMILES string of the molecule is CC(C)(CO)C(=O)SCCOP(=O)(NCc1ccccc1)OC[C@H]1O[C@@H](n2cc(F)c3c(N)ncnc32)[C@](C)(O)C1O. The number of nitrogens with zero attached hydrogens (tertiary/aromatic N) is 3. The van der Waals surface area contributed by atoms with Gasteiger partial charge in [0.2, 0.25) is 0 Å². The van der Waals surface area contributed by atoms with Gasteiger partial charge in [0.15, 0.2) is 22.8 Å². The number of carbonyl (C=O) groups excluding carboxylic acids is 1. The molecule has 0 spiro atoms. The molecule has 0 saturated carbocycles. The Labute approximate surface area is 246 Å². The number of benzene rings is 1. The van der Waals surface area contributed by atoms with Gasteiger partial charge >= 0.3 is 7.75 Å². The van der Waals surface area contributed by atoms with Gasteiger partial charge in [-0.05, 0) is 26.3 Å².